The second kappa shape index (κ2) is 6.78. The first kappa shape index (κ1) is 12.3. The number of rotatable bonds is 6. The van der Waals surface area contributed by atoms with Gasteiger partial charge in [0, 0.05) is 18.4 Å². The fraction of sp³-hybridized carbons (Fsp3) is 0.800. The molecule has 0 aliphatic rings. The molecule has 0 atom stereocenters. The second-order valence-electron chi connectivity index (χ2n) is 3.53. The Bertz CT molecular complexity index is 162. The average Bonchev–Trinajstić information content (AvgIpc) is 2.10. The Morgan fingerprint density at radius 2 is 1.85 bits per heavy atom. The Hall–Kier alpha value is -0.700. The number of allylic oxidation sites excluding steroid dienone is 2. The van der Waals surface area contributed by atoms with E-state index in [1.54, 1.807) is 5.01 Å². The summed E-state index contributed by atoms with van der Waals surface area (Å²) in [5.41, 5.74) is 7.76. The van der Waals surface area contributed by atoms with E-state index in [2.05, 4.69) is 6.92 Å². The van der Waals surface area contributed by atoms with Gasteiger partial charge >= 0.3 is 0 Å². The molecule has 0 saturated carbocycles. The van der Waals surface area contributed by atoms with Crippen LogP contribution in [0.2, 0.25) is 0 Å². The minimum Gasteiger partial charge on any atom is -0.401 e. The van der Waals surface area contributed by atoms with E-state index < -0.39 is 0 Å². The van der Waals surface area contributed by atoms with Gasteiger partial charge in [0.05, 0.1) is 0 Å². The van der Waals surface area contributed by atoms with Crippen molar-refractivity contribution in [3.63, 3.8) is 0 Å². The quantitative estimate of drug-likeness (QED) is 0.378. The van der Waals surface area contributed by atoms with Crippen molar-refractivity contribution in [3.05, 3.63) is 11.4 Å². The van der Waals surface area contributed by atoms with E-state index in [0.29, 0.717) is 0 Å². The molecule has 0 unspecified atom stereocenters. The molecule has 4 N–H and O–H groups in total. The van der Waals surface area contributed by atoms with Gasteiger partial charge in [0.15, 0.2) is 0 Å². The Morgan fingerprint density at radius 3 is 2.31 bits per heavy atom. The van der Waals surface area contributed by atoms with E-state index in [4.69, 9.17) is 11.6 Å². The molecular formula is C10H23N3. The van der Waals surface area contributed by atoms with Crippen molar-refractivity contribution in [2.45, 2.75) is 46.0 Å². The third kappa shape index (κ3) is 5.53. The maximum absolute atomic E-state index is 5.86. The van der Waals surface area contributed by atoms with Gasteiger partial charge in [0.2, 0.25) is 0 Å². The zero-order valence-corrected chi connectivity index (χ0v) is 9.14. The summed E-state index contributed by atoms with van der Waals surface area (Å²) < 4.78 is 0. The lowest BCUT2D eigenvalue weighted by Crippen LogP contribution is -2.26. The molecule has 0 saturated heterocycles. The largest absolute Gasteiger partial charge is 0.401 e. The standard InChI is InChI=1S/C10H23N3/c1-4-5-6-7-8-10(11)9(2)13(3)12/h4-8,11-12H2,1-3H3/b10-9-. The molecule has 3 nitrogen and oxygen atoms in total. The van der Waals surface area contributed by atoms with Gasteiger partial charge in [0.1, 0.15) is 0 Å². The highest BCUT2D eigenvalue weighted by molar-refractivity contribution is 5.05. The molecule has 0 heterocycles. The number of hydrazine groups is 1. The fourth-order valence-corrected chi connectivity index (χ4v) is 1.15. The van der Waals surface area contributed by atoms with Gasteiger partial charge in [-0.05, 0) is 19.8 Å². The van der Waals surface area contributed by atoms with E-state index in [1.807, 2.05) is 14.0 Å². The van der Waals surface area contributed by atoms with Crippen molar-refractivity contribution < 1.29 is 0 Å². The number of unbranched alkanes of at least 4 members (excludes halogenated alkanes) is 3. The molecule has 0 spiro atoms. The van der Waals surface area contributed by atoms with Gasteiger partial charge in [-0.2, -0.15) is 0 Å². The van der Waals surface area contributed by atoms with Crippen LogP contribution in [-0.4, -0.2) is 12.1 Å². The van der Waals surface area contributed by atoms with Crippen LogP contribution in [0.15, 0.2) is 11.4 Å². The van der Waals surface area contributed by atoms with Crippen molar-refractivity contribution in [1.29, 1.82) is 0 Å². The molecule has 78 valence electrons. The Labute approximate surface area is 81.7 Å². The van der Waals surface area contributed by atoms with Gasteiger partial charge in [-0.15, -0.1) is 0 Å². The first-order valence-electron chi connectivity index (χ1n) is 5.03. The maximum Gasteiger partial charge on any atom is 0.0444 e. The monoisotopic (exact) mass is 185 g/mol. The predicted molar refractivity (Wildman–Crippen MR) is 57.6 cm³/mol. The van der Waals surface area contributed by atoms with Gasteiger partial charge in [-0.3, -0.25) is 0 Å². The van der Waals surface area contributed by atoms with E-state index in [-0.39, 0.29) is 0 Å². The summed E-state index contributed by atoms with van der Waals surface area (Å²) in [7, 11) is 1.81. The molecule has 0 rings (SSSR count). The zero-order chi connectivity index (χ0) is 10.3. The smallest absolute Gasteiger partial charge is 0.0444 e. The highest BCUT2D eigenvalue weighted by Crippen LogP contribution is 2.10. The first-order chi connectivity index (χ1) is 6.09. The van der Waals surface area contributed by atoms with Crippen LogP contribution in [0.4, 0.5) is 0 Å². The second-order valence-corrected chi connectivity index (χ2v) is 3.53. The Balaban J connectivity index is 3.72. The number of nitrogens with two attached hydrogens (primary N) is 2. The van der Waals surface area contributed by atoms with Crippen molar-refractivity contribution in [2.75, 3.05) is 7.05 Å². The molecular weight excluding hydrogens is 162 g/mol. The molecule has 0 bridgehead atoms. The SMILES string of the molecule is CCCCCC/C(N)=C(\C)N(C)N. The van der Waals surface area contributed by atoms with E-state index in [9.17, 15) is 0 Å². The predicted octanol–water partition coefficient (Wildman–Crippen LogP) is 1.95. The van der Waals surface area contributed by atoms with Crippen LogP contribution in [0.3, 0.4) is 0 Å². The third-order valence-corrected chi connectivity index (χ3v) is 2.29. The zero-order valence-electron chi connectivity index (χ0n) is 9.14. The summed E-state index contributed by atoms with van der Waals surface area (Å²) in [6.07, 6.45) is 5.96. The fourth-order valence-electron chi connectivity index (χ4n) is 1.15. The number of hydrogen-bond acceptors (Lipinski definition) is 3. The van der Waals surface area contributed by atoms with Gasteiger partial charge in [-0.25, -0.2) is 5.84 Å². The Morgan fingerprint density at radius 1 is 1.23 bits per heavy atom. The molecule has 13 heavy (non-hydrogen) atoms. The average molecular weight is 185 g/mol. The molecule has 3 heteroatoms. The van der Waals surface area contributed by atoms with Crippen LogP contribution in [0.1, 0.15) is 46.0 Å². The lowest BCUT2D eigenvalue weighted by atomic mass is 10.1. The number of nitrogens with zero attached hydrogens (tertiary/aromatic N) is 1. The summed E-state index contributed by atoms with van der Waals surface area (Å²) >= 11 is 0. The van der Waals surface area contributed by atoms with Crippen LogP contribution >= 0.6 is 0 Å². The normalized spacial score (nSPS) is 12.6. The summed E-state index contributed by atoms with van der Waals surface area (Å²) in [5, 5.41) is 1.58. The van der Waals surface area contributed by atoms with Crippen molar-refractivity contribution in [2.24, 2.45) is 11.6 Å². The van der Waals surface area contributed by atoms with Crippen molar-refractivity contribution in [3.8, 4) is 0 Å². The maximum atomic E-state index is 5.86. The van der Waals surface area contributed by atoms with Crippen LogP contribution < -0.4 is 11.6 Å². The van der Waals surface area contributed by atoms with Crippen LogP contribution in [0, 0.1) is 0 Å². The van der Waals surface area contributed by atoms with E-state index >= 15 is 0 Å². The lowest BCUT2D eigenvalue weighted by Gasteiger charge is -2.15. The minimum atomic E-state index is 0.918. The third-order valence-electron chi connectivity index (χ3n) is 2.29. The lowest BCUT2D eigenvalue weighted by molar-refractivity contribution is 0.432. The number of hydrogen-bond donors (Lipinski definition) is 2. The molecule has 0 radical (unpaired) electrons. The highest BCUT2D eigenvalue weighted by atomic mass is 15.4. The highest BCUT2D eigenvalue weighted by Gasteiger charge is 1.99. The molecule has 0 aliphatic carbocycles. The minimum absolute atomic E-state index is 0.918. The molecule has 0 aromatic carbocycles. The van der Waals surface area contributed by atoms with Crippen LogP contribution in [0.5, 0.6) is 0 Å². The van der Waals surface area contributed by atoms with Crippen LogP contribution in [-0.2, 0) is 0 Å². The van der Waals surface area contributed by atoms with Crippen molar-refractivity contribution in [1.82, 2.24) is 5.01 Å². The van der Waals surface area contributed by atoms with Gasteiger partial charge in [-0.1, -0.05) is 26.2 Å². The van der Waals surface area contributed by atoms with Gasteiger partial charge in [0.25, 0.3) is 0 Å². The van der Waals surface area contributed by atoms with Gasteiger partial charge < -0.3 is 10.7 Å². The van der Waals surface area contributed by atoms with E-state index in [0.717, 1.165) is 17.8 Å². The van der Waals surface area contributed by atoms with E-state index in [1.165, 1.54) is 25.7 Å². The molecule has 0 aliphatic heterocycles. The summed E-state index contributed by atoms with van der Waals surface area (Å²) in [5.74, 6) is 5.56. The first-order valence-corrected chi connectivity index (χ1v) is 5.03. The molecule has 0 amide bonds. The summed E-state index contributed by atoms with van der Waals surface area (Å²) in [6.45, 7) is 4.16. The van der Waals surface area contributed by atoms with Crippen molar-refractivity contribution >= 4 is 0 Å². The molecule has 0 fully saturated rings. The summed E-state index contributed by atoms with van der Waals surface area (Å²) in [4.78, 5) is 0. The molecule has 0 aromatic rings. The topological polar surface area (TPSA) is 55.3 Å². The molecule has 0 aromatic heterocycles. The summed E-state index contributed by atoms with van der Waals surface area (Å²) in [6, 6.07) is 0. The Kier molecular flexibility index (Phi) is 6.41. The van der Waals surface area contributed by atoms with Crippen LogP contribution in [0.25, 0.3) is 0 Å².